The maximum Gasteiger partial charge on any atom is 0.427 e. The molecule has 9 heteroatoms. The number of alkyl halides is 3. The fourth-order valence-corrected chi connectivity index (χ4v) is 2.78. The molecule has 1 heterocycles. The fourth-order valence-electron chi connectivity index (χ4n) is 2.78. The molecule has 1 fully saturated rings. The predicted octanol–water partition coefficient (Wildman–Crippen LogP) is 3.17. The van der Waals surface area contributed by atoms with Crippen molar-refractivity contribution in [1.82, 2.24) is 15.6 Å². The van der Waals surface area contributed by atoms with Gasteiger partial charge >= 0.3 is 12.2 Å². The lowest BCUT2D eigenvalue weighted by atomic mass is 9.96. The van der Waals surface area contributed by atoms with E-state index in [0.717, 1.165) is 25.7 Å². The van der Waals surface area contributed by atoms with Gasteiger partial charge in [-0.25, -0.2) is 9.78 Å². The number of ether oxygens (including phenoxy) is 2. The molecule has 0 radical (unpaired) electrons. The Kier molecular flexibility index (Phi) is 7.50. The molecule has 6 nitrogen and oxygen atoms in total. The number of nitrogens with zero attached hydrogens (tertiary/aromatic N) is 1. The van der Waals surface area contributed by atoms with E-state index in [1.54, 1.807) is 6.07 Å². The second-order valence-corrected chi connectivity index (χ2v) is 6.27. The van der Waals surface area contributed by atoms with Gasteiger partial charge in [-0.15, -0.1) is 0 Å². The number of halogens is 3. The SMILES string of the molecule is COCC(Oc1cc(CNC(=O)NC2CCCCC2)ccn1)C(F)(F)F. The predicted molar refractivity (Wildman–Crippen MR) is 88.8 cm³/mol. The third-order valence-electron chi connectivity index (χ3n) is 4.14. The number of nitrogens with one attached hydrogen (secondary N) is 2. The van der Waals surface area contributed by atoms with Crippen LogP contribution in [0.1, 0.15) is 37.7 Å². The lowest BCUT2D eigenvalue weighted by Crippen LogP contribution is -2.42. The molecule has 0 aromatic carbocycles. The van der Waals surface area contributed by atoms with Crippen LogP contribution in [-0.4, -0.2) is 43.1 Å². The molecular formula is C17H24F3N3O3. The first kappa shape index (κ1) is 20.3. The zero-order valence-electron chi connectivity index (χ0n) is 14.6. The fraction of sp³-hybridized carbons (Fsp3) is 0.647. The molecule has 1 saturated carbocycles. The number of rotatable bonds is 7. The summed E-state index contributed by atoms with van der Waals surface area (Å²) >= 11 is 0. The number of carbonyl (C=O) groups excluding carboxylic acids is 1. The van der Waals surface area contributed by atoms with Gasteiger partial charge in [0.05, 0.1) is 6.61 Å². The molecule has 1 aliphatic rings. The van der Waals surface area contributed by atoms with E-state index in [2.05, 4.69) is 20.4 Å². The van der Waals surface area contributed by atoms with Gasteiger partial charge in [0, 0.05) is 32.0 Å². The van der Waals surface area contributed by atoms with Crippen LogP contribution in [0.15, 0.2) is 18.3 Å². The van der Waals surface area contributed by atoms with Crippen molar-refractivity contribution in [2.75, 3.05) is 13.7 Å². The number of hydrogen-bond donors (Lipinski definition) is 2. The highest BCUT2D eigenvalue weighted by Crippen LogP contribution is 2.25. The number of carbonyl (C=O) groups is 1. The van der Waals surface area contributed by atoms with Crippen molar-refractivity contribution in [3.8, 4) is 5.88 Å². The smallest absolute Gasteiger partial charge is 0.427 e. The lowest BCUT2D eigenvalue weighted by molar-refractivity contribution is -0.207. The van der Waals surface area contributed by atoms with Gasteiger partial charge in [0.2, 0.25) is 12.0 Å². The molecule has 146 valence electrons. The van der Waals surface area contributed by atoms with Crippen molar-refractivity contribution in [2.24, 2.45) is 0 Å². The number of hydrogen-bond acceptors (Lipinski definition) is 4. The van der Waals surface area contributed by atoms with Gasteiger partial charge in [-0.2, -0.15) is 13.2 Å². The summed E-state index contributed by atoms with van der Waals surface area (Å²) < 4.78 is 48.1. The van der Waals surface area contributed by atoms with Crippen molar-refractivity contribution in [1.29, 1.82) is 0 Å². The molecule has 2 rings (SSSR count). The van der Waals surface area contributed by atoms with Crippen molar-refractivity contribution >= 4 is 6.03 Å². The maximum atomic E-state index is 12.9. The van der Waals surface area contributed by atoms with Crippen molar-refractivity contribution < 1.29 is 27.4 Å². The molecule has 1 unspecified atom stereocenters. The Balaban J connectivity index is 1.86. The summed E-state index contributed by atoms with van der Waals surface area (Å²) in [5, 5.41) is 5.61. The first-order chi connectivity index (χ1) is 12.4. The minimum Gasteiger partial charge on any atom is -0.462 e. The Bertz CT molecular complexity index is 578. The van der Waals surface area contributed by atoms with Crippen molar-refractivity contribution in [3.05, 3.63) is 23.9 Å². The minimum absolute atomic E-state index is 0.165. The van der Waals surface area contributed by atoms with Gasteiger partial charge in [-0.1, -0.05) is 19.3 Å². The molecule has 2 amide bonds. The van der Waals surface area contributed by atoms with Gasteiger partial charge in [0.25, 0.3) is 0 Å². The zero-order valence-corrected chi connectivity index (χ0v) is 14.6. The summed E-state index contributed by atoms with van der Waals surface area (Å²) in [6, 6.07) is 2.87. The molecule has 1 aromatic heterocycles. The second kappa shape index (κ2) is 9.61. The van der Waals surface area contributed by atoms with Crippen LogP contribution in [0.25, 0.3) is 0 Å². The van der Waals surface area contributed by atoms with E-state index < -0.39 is 18.9 Å². The van der Waals surface area contributed by atoms with Gasteiger partial charge in [0.1, 0.15) is 0 Å². The molecule has 26 heavy (non-hydrogen) atoms. The third-order valence-corrected chi connectivity index (χ3v) is 4.14. The Morgan fingerprint density at radius 3 is 2.73 bits per heavy atom. The van der Waals surface area contributed by atoms with Crippen LogP contribution in [0.3, 0.4) is 0 Å². The van der Waals surface area contributed by atoms with Crippen LogP contribution in [0.4, 0.5) is 18.0 Å². The molecule has 2 N–H and O–H groups in total. The van der Waals surface area contributed by atoms with Crippen LogP contribution >= 0.6 is 0 Å². The third kappa shape index (κ3) is 6.70. The highest BCUT2D eigenvalue weighted by Gasteiger charge is 2.42. The summed E-state index contributed by atoms with van der Waals surface area (Å²) in [7, 11) is 1.17. The number of methoxy groups -OCH3 is 1. The second-order valence-electron chi connectivity index (χ2n) is 6.27. The Labute approximate surface area is 150 Å². The topological polar surface area (TPSA) is 72.5 Å². The number of urea groups is 1. The normalized spacial score (nSPS) is 16.8. The Morgan fingerprint density at radius 1 is 1.35 bits per heavy atom. The zero-order chi connectivity index (χ0) is 19.0. The van der Waals surface area contributed by atoms with E-state index in [1.807, 2.05) is 0 Å². The van der Waals surface area contributed by atoms with Gasteiger partial charge in [-0.3, -0.25) is 0 Å². The van der Waals surface area contributed by atoms with Crippen LogP contribution in [0, 0.1) is 0 Å². The summed E-state index contributed by atoms with van der Waals surface area (Å²) in [5.41, 5.74) is 0.590. The van der Waals surface area contributed by atoms with E-state index in [-0.39, 0.29) is 24.5 Å². The summed E-state index contributed by atoms with van der Waals surface area (Å²) in [6.07, 6.45) is 0.0324. The van der Waals surface area contributed by atoms with Gasteiger partial charge in [0.15, 0.2) is 0 Å². The monoisotopic (exact) mass is 375 g/mol. The number of pyridine rings is 1. The van der Waals surface area contributed by atoms with Crippen molar-refractivity contribution in [3.63, 3.8) is 0 Å². The first-order valence-electron chi connectivity index (χ1n) is 8.60. The van der Waals surface area contributed by atoms with Crippen molar-refractivity contribution in [2.45, 2.75) is 57.0 Å². The summed E-state index contributed by atoms with van der Waals surface area (Å²) in [5.74, 6) is -0.170. The van der Waals surface area contributed by atoms with E-state index in [0.29, 0.717) is 5.56 Å². The minimum atomic E-state index is -4.56. The lowest BCUT2D eigenvalue weighted by Gasteiger charge is -2.23. The number of amides is 2. The number of aromatic nitrogens is 1. The largest absolute Gasteiger partial charge is 0.462 e. The van der Waals surface area contributed by atoms with Crippen LogP contribution in [0.2, 0.25) is 0 Å². The van der Waals surface area contributed by atoms with E-state index in [4.69, 9.17) is 4.74 Å². The Hall–Kier alpha value is -2.03. The molecule has 0 saturated heterocycles. The molecule has 0 bridgehead atoms. The van der Waals surface area contributed by atoms with E-state index >= 15 is 0 Å². The molecule has 1 aliphatic carbocycles. The van der Waals surface area contributed by atoms with E-state index in [9.17, 15) is 18.0 Å². The average Bonchev–Trinajstić information content (AvgIpc) is 2.60. The van der Waals surface area contributed by atoms with Gasteiger partial charge < -0.3 is 20.1 Å². The van der Waals surface area contributed by atoms with E-state index in [1.165, 1.54) is 25.8 Å². The van der Waals surface area contributed by atoms with Crippen LogP contribution in [0.5, 0.6) is 5.88 Å². The molecule has 1 atom stereocenters. The highest BCUT2D eigenvalue weighted by atomic mass is 19.4. The highest BCUT2D eigenvalue weighted by molar-refractivity contribution is 5.74. The molecular weight excluding hydrogens is 351 g/mol. The summed E-state index contributed by atoms with van der Waals surface area (Å²) in [6.45, 7) is -0.462. The standard InChI is InChI=1S/C17H24F3N3O3/c1-25-11-14(17(18,19)20)26-15-9-12(7-8-21-15)10-22-16(24)23-13-5-3-2-4-6-13/h7-9,13-14H,2-6,10-11H2,1H3,(H2,22,23,24). The quantitative estimate of drug-likeness (QED) is 0.768. The first-order valence-corrected chi connectivity index (χ1v) is 8.60. The molecule has 0 spiro atoms. The molecule has 1 aromatic rings. The average molecular weight is 375 g/mol. The Morgan fingerprint density at radius 2 is 2.08 bits per heavy atom. The van der Waals surface area contributed by atoms with Crippen LogP contribution < -0.4 is 15.4 Å². The molecule has 0 aliphatic heterocycles. The van der Waals surface area contributed by atoms with Crippen LogP contribution in [-0.2, 0) is 11.3 Å². The van der Waals surface area contributed by atoms with Gasteiger partial charge in [-0.05, 0) is 24.5 Å². The maximum absolute atomic E-state index is 12.9. The summed E-state index contributed by atoms with van der Waals surface area (Å²) in [4.78, 5) is 15.7.